The van der Waals surface area contributed by atoms with Gasteiger partial charge in [-0.05, 0) is 35.2 Å². The maximum atomic E-state index is 11.2. The van der Waals surface area contributed by atoms with Crippen LogP contribution in [0.15, 0.2) is 52.5 Å². The van der Waals surface area contributed by atoms with Crippen molar-refractivity contribution in [2.45, 2.75) is 6.61 Å². The lowest BCUT2D eigenvalue weighted by Crippen LogP contribution is -1.98. The Morgan fingerprint density at radius 2 is 2.15 bits per heavy atom. The summed E-state index contributed by atoms with van der Waals surface area (Å²) in [6.07, 6.45) is 4.56. The number of rotatable bonds is 7. The van der Waals surface area contributed by atoms with E-state index in [0.29, 0.717) is 23.1 Å². The number of oxazole rings is 1. The van der Waals surface area contributed by atoms with Gasteiger partial charge in [0.1, 0.15) is 18.6 Å². The fraction of sp³-hybridized carbons (Fsp3) is 0.158. The average Bonchev–Trinajstić information content (AvgIpc) is 3.36. The van der Waals surface area contributed by atoms with Crippen LogP contribution < -0.4 is 9.47 Å². The molecule has 3 aromatic rings. The number of methoxy groups -OCH3 is 2. The maximum Gasteiger partial charge on any atom is 0.330 e. The summed E-state index contributed by atoms with van der Waals surface area (Å²) < 4.78 is 21.2. The van der Waals surface area contributed by atoms with Crippen molar-refractivity contribution >= 4 is 23.4 Å². The Morgan fingerprint density at radius 3 is 2.88 bits per heavy atom. The molecule has 3 rings (SSSR count). The van der Waals surface area contributed by atoms with Gasteiger partial charge in [-0.2, -0.15) is 0 Å². The Balaban J connectivity index is 1.68. The van der Waals surface area contributed by atoms with Crippen molar-refractivity contribution in [1.82, 2.24) is 4.98 Å². The number of hydrogen-bond donors (Lipinski definition) is 0. The summed E-state index contributed by atoms with van der Waals surface area (Å²) in [4.78, 5) is 16.6. The van der Waals surface area contributed by atoms with E-state index in [1.807, 2.05) is 23.6 Å². The second kappa shape index (κ2) is 8.35. The van der Waals surface area contributed by atoms with Gasteiger partial charge >= 0.3 is 5.97 Å². The minimum absolute atomic E-state index is 0.253. The molecule has 2 heterocycles. The molecule has 1 aromatic carbocycles. The number of carbonyl (C=O) groups excluding carboxylic acids is 1. The predicted octanol–water partition coefficient (Wildman–Crippen LogP) is 4.18. The van der Waals surface area contributed by atoms with Gasteiger partial charge in [-0.1, -0.05) is 12.1 Å². The average molecular weight is 371 g/mol. The molecule has 0 radical (unpaired) electrons. The van der Waals surface area contributed by atoms with E-state index in [0.717, 1.165) is 10.4 Å². The molecule has 0 aliphatic rings. The number of carbonyl (C=O) groups is 1. The van der Waals surface area contributed by atoms with Crippen molar-refractivity contribution in [2.24, 2.45) is 0 Å². The molecular weight excluding hydrogens is 354 g/mol. The molecule has 26 heavy (non-hydrogen) atoms. The summed E-state index contributed by atoms with van der Waals surface area (Å²) in [5.41, 5.74) is 1.48. The third-order valence-electron chi connectivity index (χ3n) is 3.46. The van der Waals surface area contributed by atoms with Crippen molar-refractivity contribution in [3.63, 3.8) is 0 Å². The normalized spacial score (nSPS) is 10.8. The van der Waals surface area contributed by atoms with E-state index >= 15 is 0 Å². The van der Waals surface area contributed by atoms with Gasteiger partial charge in [0, 0.05) is 6.08 Å². The van der Waals surface area contributed by atoms with E-state index in [2.05, 4.69) is 9.72 Å². The number of thiophene rings is 1. The van der Waals surface area contributed by atoms with Crippen LogP contribution in [-0.4, -0.2) is 25.2 Å². The molecule has 2 aromatic heterocycles. The maximum absolute atomic E-state index is 11.2. The molecule has 0 saturated carbocycles. The first-order valence-corrected chi connectivity index (χ1v) is 8.62. The number of hydrogen-bond acceptors (Lipinski definition) is 7. The van der Waals surface area contributed by atoms with Gasteiger partial charge in [-0.15, -0.1) is 11.3 Å². The van der Waals surface area contributed by atoms with Gasteiger partial charge in [0.2, 0.25) is 5.89 Å². The third-order valence-corrected chi connectivity index (χ3v) is 4.32. The second-order valence-electron chi connectivity index (χ2n) is 5.18. The first kappa shape index (κ1) is 17.8. The minimum Gasteiger partial charge on any atom is -0.493 e. The molecule has 0 aliphatic heterocycles. The molecule has 0 spiro atoms. The first-order chi connectivity index (χ1) is 12.7. The molecule has 0 bridgehead atoms. The smallest absolute Gasteiger partial charge is 0.330 e. The Bertz CT molecular complexity index is 899. The highest BCUT2D eigenvalue weighted by molar-refractivity contribution is 7.13. The summed E-state index contributed by atoms with van der Waals surface area (Å²) in [5, 5.41) is 1.97. The topological polar surface area (TPSA) is 70.8 Å². The summed E-state index contributed by atoms with van der Waals surface area (Å²) in [6, 6.07) is 9.26. The van der Waals surface area contributed by atoms with Crippen molar-refractivity contribution < 1.29 is 23.4 Å². The van der Waals surface area contributed by atoms with Crippen LogP contribution in [0.1, 0.15) is 11.3 Å². The van der Waals surface area contributed by atoms with E-state index in [1.165, 1.54) is 13.2 Å². The van der Waals surface area contributed by atoms with E-state index < -0.39 is 5.97 Å². The van der Waals surface area contributed by atoms with Gasteiger partial charge in [0.05, 0.1) is 19.1 Å². The van der Waals surface area contributed by atoms with Crippen LogP contribution in [0.3, 0.4) is 0 Å². The van der Waals surface area contributed by atoms with E-state index in [9.17, 15) is 4.79 Å². The predicted molar refractivity (Wildman–Crippen MR) is 98.2 cm³/mol. The highest BCUT2D eigenvalue weighted by atomic mass is 32.1. The lowest BCUT2D eigenvalue weighted by Gasteiger charge is -2.10. The number of aromatic nitrogens is 1. The fourth-order valence-corrected chi connectivity index (χ4v) is 2.83. The summed E-state index contributed by atoms with van der Waals surface area (Å²) >= 11 is 1.56. The summed E-state index contributed by atoms with van der Waals surface area (Å²) in [5.74, 6) is 1.29. The van der Waals surface area contributed by atoms with Crippen molar-refractivity contribution in [1.29, 1.82) is 0 Å². The van der Waals surface area contributed by atoms with Crippen LogP contribution in [0.5, 0.6) is 11.5 Å². The van der Waals surface area contributed by atoms with E-state index in [-0.39, 0.29) is 6.61 Å². The molecule has 134 valence electrons. The molecule has 6 nitrogen and oxygen atoms in total. The quantitative estimate of drug-likeness (QED) is 0.458. The first-order valence-electron chi connectivity index (χ1n) is 7.74. The lowest BCUT2D eigenvalue weighted by atomic mass is 10.2. The van der Waals surface area contributed by atoms with Gasteiger partial charge in [0.25, 0.3) is 0 Å². The molecule has 0 atom stereocenters. The molecule has 0 amide bonds. The highest BCUT2D eigenvalue weighted by Gasteiger charge is 2.10. The number of ether oxygens (including phenoxy) is 3. The highest BCUT2D eigenvalue weighted by Crippen LogP contribution is 2.30. The number of benzene rings is 1. The van der Waals surface area contributed by atoms with Crippen LogP contribution >= 0.6 is 11.3 Å². The zero-order chi connectivity index (χ0) is 18.4. The number of esters is 1. The molecule has 0 aliphatic carbocycles. The Morgan fingerprint density at radius 1 is 1.27 bits per heavy atom. The Labute approximate surface area is 154 Å². The zero-order valence-corrected chi connectivity index (χ0v) is 15.1. The lowest BCUT2D eigenvalue weighted by molar-refractivity contribution is -0.134. The fourth-order valence-electron chi connectivity index (χ4n) is 2.18. The Kier molecular flexibility index (Phi) is 5.70. The van der Waals surface area contributed by atoms with Gasteiger partial charge < -0.3 is 18.6 Å². The molecule has 0 fully saturated rings. The monoisotopic (exact) mass is 371 g/mol. The van der Waals surface area contributed by atoms with Gasteiger partial charge in [-0.25, -0.2) is 9.78 Å². The molecule has 7 heteroatoms. The largest absolute Gasteiger partial charge is 0.493 e. The minimum atomic E-state index is -0.420. The standard InChI is InChI=1S/C19H17NO5S/c1-22-16-10-13(6-8-18(21)23-2)5-7-15(16)24-11-14-12-25-19(20-14)17-4-3-9-26-17/h3-10,12H,11H2,1-2H3/b8-6+. The zero-order valence-electron chi connectivity index (χ0n) is 14.3. The SMILES string of the molecule is COC(=O)/C=C/c1ccc(OCc2coc(-c3cccs3)n2)c(OC)c1. The molecular formula is C19H17NO5S. The molecule has 0 N–H and O–H groups in total. The van der Waals surface area contributed by atoms with Crippen LogP contribution in [0.4, 0.5) is 0 Å². The van der Waals surface area contributed by atoms with Crippen LogP contribution in [-0.2, 0) is 16.1 Å². The Hall–Kier alpha value is -3.06. The van der Waals surface area contributed by atoms with Crippen molar-refractivity contribution in [3.05, 3.63) is 59.3 Å². The van der Waals surface area contributed by atoms with Gasteiger partial charge in [0.15, 0.2) is 11.5 Å². The summed E-state index contributed by atoms with van der Waals surface area (Å²) in [7, 11) is 2.89. The summed E-state index contributed by atoms with van der Waals surface area (Å²) in [6.45, 7) is 0.253. The molecule has 0 saturated heterocycles. The van der Waals surface area contributed by atoms with Crippen molar-refractivity contribution in [3.8, 4) is 22.3 Å². The van der Waals surface area contributed by atoms with Crippen LogP contribution in [0, 0.1) is 0 Å². The third kappa shape index (κ3) is 4.31. The van der Waals surface area contributed by atoms with Crippen molar-refractivity contribution in [2.75, 3.05) is 14.2 Å². The van der Waals surface area contributed by atoms with Crippen LogP contribution in [0.2, 0.25) is 0 Å². The van der Waals surface area contributed by atoms with Crippen LogP contribution in [0.25, 0.3) is 16.8 Å². The second-order valence-corrected chi connectivity index (χ2v) is 6.12. The number of nitrogens with zero attached hydrogens (tertiary/aromatic N) is 1. The van der Waals surface area contributed by atoms with E-state index in [1.54, 1.807) is 42.9 Å². The van der Waals surface area contributed by atoms with Gasteiger partial charge in [-0.3, -0.25) is 0 Å². The molecule has 0 unspecified atom stereocenters. The van der Waals surface area contributed by atoms with E-state index in [4.69, 9.17) is 13.9 Å².